The molecule has 0 fully saturated rings. The van der Waals surface area contributed by atoms with Crippen LogP contribution in [0.15, 0.2) is 17.2 Å². The summed E-state index contributed by atoms with van der Waals surface area (Å²) in [5, 5.41) is 11.3. The monoisotopic (exact) mass is 289 g/mol. The van der Waals surface area contributed by atoms with Crippen molar-refractivity contribution in [1.29, 1.82) is 0 Å². The van der Waals surface area contributed by atoms with Gasteiger partial charge in [-0.05, 0) is 0 Å². The molecule has 0 aliphatic rings. The van der Waals surface area contributed by atoms with E-state index in [1.165, 1.54) is 0 Å². The molecule has 0 radical (unpaired) electrons. The molecule has 1 N–H and O–H groups in total. The molecule has 0 saturated carbocycles. The van der Waals surface area contributed by atoms with Gasteiger partial charge in [0, 0.05) is 0 Å². The van der Waals surface area contributed by atoms with Crippen molar-refractivity contribution in [1.82, 2.24) is 4.98 Å². The number of nitrogens with zero attached hydrogens (tertiary/aromatic N) is 1. The van der Waals surface area contributed by atoms with Gasteiger partial charge in [-0.2, -0.15) is 0 Å². The van der Waals surface area contributed by atoms with Gasteiger partial charge in [-0.1, -0.05) is 0 Å². The average molecular weight is 289 g/mol. The molecule has 5 heteroatoms. The van der Waals surface area contributed by atoms with Crippen molar-refractivity contribution in [2.24, 2.45) is 0 Å². The number of hydrogen-bond acceptors (Lipinski definition) is 2. The van der Waals surface area contributed by atoms with Crippen LogP contribution in [0.1, 0.15) is 18.4 Å². The Labute approximate surface area is 97.4 Å². The fourth-order valence-corrected chi connectivity index (χ4v) is 3.30. The molecule has 2 rings (SSSR count). The topological polar surface area (TPSA) is 50.2 Å². The van der Waals surface area contributed by atoms with Crippen LogP contribution in [0, 0.1) is 0 Å². The Balaban J connectivity index is 2.59. The van der Waals surface area contributed by atoms with E-state index in [0.717, 1.165) is 9.78 Å². The third kappa shape index (κ3) is 1.93. The van der Waals surface area contributed by atoms with Crippen LogP contribution in [0.4, 0.5) is 0 Å². The number of aromatic nitrogens is 1. The van der Waals surface area contributed by atoms with Crippen LogP contribution in [0.5, 0.6) is 0 Å². The number of carboxylic acids is 1. The van der Waals surface area contributed by atoms with Gasteiger partial charge in [-0.3, -0.25) is 0 Å². The maximum absolute atomic E-state index is 10.9. The Hall–Kier alpha value is -0.831. The molecule has 0 aliphatic carbocycles. The van der Waals surface area contributed by atoms with Gasteiger partial charge in [-0.15, -0.1) is 0 Å². The number of aliphatic carboxylic acids is 1. The van der Waals surface area contributed by atoms with Crippen LogP contribution in [-0.4, -0.2) is 30.6 Å². The first-order chi connectivity index (χ1) is 7.09. The first-order valence-electron chi connectivity index (χ1n) is 4.35. The number of hydrogen-bond donors (Lipinski definition) is 1. The van der Waals surface area contributed by atoms with E-state index in [9.17, 15) is 4.79 Å². The molecule has 15 heavy (non-hydrogen) atoms. The molecule has 1 atom stereocenters. The Morgan fingerprint density at radius 3 is 3.00 bits per heavy atom. The zero-order chi connectivity index (χ0) is 11.0. The van der Waals surface area contributed by atoms with Crippen molar-refractivity contribution in [3.05, 3.63) is 27.8 Å². The van der Waals surface area contributed by atoms with Gasteiger partial charge in [0.05, 0.1) is 0 Å². The standard InChI is InChI=1S/C10H8ClNO2Se/c1-5(10(13)14)6-2-8-9(3-7(6)11)15-4-12-8/h2-5H,1H3,(H,13,14). The molecule has 0 bridgehead atoms. The average Bonchev–Trinajstić information content (AvgIpc) is 2.62. The Kier molecular flexibility index (Phi) is 2.83. The molecule has 3 nitrogen and oxygen atoms in total. The fourth-order valence-electron chi connectivity index (χ4n) is 1.36. The summed E-state index contributed by atoms with van der Waals surface area (Å²) in [6.45, 7) is 1.62. The van der Waals surface area contributed by atoms with E-state index < -0.39 is 11.9 Å². The van der Waals surface area contributed by atoms with Crippen molar-refractivity contribution >= 4 is 41.9 Å². The molecule has 1 unspecified atom stereocenters. The summed E-state index contributed by atoms with van der Waals surface area (Å²) in [5.41, 5.74) is 1.50. The van der Waals surface area contributed by atoms with Crippen molar-refractivity contribution in [3.8, 4) is 0 Å². The van der Waals surface area contributed by atoms with Gasteiger partial charge in [0.1, 0.15) is 0 Å². The molecule has 0 saturated heterocycles. The second-order valence-corrected chi connectivity index (χ2v) is 5.52. The van der Waals surface area contributed by atoms with E-state index in [4.69, 9.17) is 16.7 Å². The molecular formula is C10H8ClNO2Se. The second kappa shape index (κ2) is 3.97. The van der Waals surface area contributed by atoms with Crippen LogP contribution < -0.4 is 0 Å². The SMILES string of the molecule is CC(C(=O)O)c1cc2nc[se]c2cc1Cl. The Morgan fingerprint density at radius 1 is 1.60 bits per heavy atom. The van der Waals surface area contributed by atoms with Crippen LogP contribution in [0.25, 0.3) is 9.78 Å². The maximum atomic E-state index is 10.9. The predicted octanol–water partition coefficient (Wildman–Crippen LogP) is 2.13. The predicted molar refractivity (Wildman–Crippen MR) is 59.7 cm³/mol. The quantitative estimate of drug-likeness (QED) is 0.861. The van der Waals surface area contributed by atoms with Crippen LogP contribution in [-0.2, 0) is 4.79 Å². The minimum atomic E-state index is -0.871. The number of halogens is 1. The first-order valence-corrected chi connectivity index (χ1v) is 6.57. The van der Waals surface area contributed by atoms with Crippen LogP contribution in [0.3, 0.4) is 0 Å². The minimum absolute atomic E-state index is 0.240. The number of fused-ring (bicyclic) bond motifs is 1. The summed E-state index contributed by atoms with van der Waals surface area (Å²) in [6.07, 6.45) is 0. The second-order valence-electron chi connectivity index (χ2n) is 3.25. The van der Waals surface area contributed by atoms with Crippen molar-refractivity contribution < 1.29 is 9.90 Å². The van der Waals surface area contributed by atoms with Gasteiger partial charge in [0.15, 0.2) is 0 Å². The van der Waals surface area contributed by atoms with Crippen LogP contribution >= 0.6 is 11.6 Å². The Bertz CT molecular complexity index is 523. The van der Waals surface area contributed by atoms with Crippen molar-refractivity contribution in [2.45, 2.75) is 12.8 Å². The van der Waals surface area contributed by atoms with E-state index in [0.29, 0.717) is 10.6 Å². The number of rotatable bonds is 2. The summed E-state index contributed by atoms with van der Waals surface area (Å²) in [5.74, 6) is -1.46. The van der Waals surface area contributed by atoms with E-state index >= 15 is 0 Å². The van der Waals surface area contributed by atoms with Crippen molar-refractivity contribution in [3.63, 3.8) is 0 Å². The summed E-state index contributed by atoms with van der Waals surface area (Å²) in [6, 6.07) is 3.61. The number of carboxylic acid groups (broad SMARTS) is 1. The summed E-state index contributed by atoms with van der Waals surface area (Å²) >= 11 is 6.28. The third-order valence-electron chi connectivity index (χ3n) is 2.29. The molecular weight excluding hydrogens is 281 g/mol. The van der Waals surface area contributed by atoms with Gasteiger partial charge >= 0.3 is 97.4 Å². The van der Waals surface area contributed by atoms with Gasteiger partial charge in [0.25, 0.3) is 0 Å². The normalized spacial score (nSPS) is 12.9. The number of carbonyl (C=O) groups is 1. The molecule has 0 spiro atoms. The molecule has 1 aromatic carbocycles. The first kappa shape index (κ1) is 10.7. The van der Waals surface area contributed by atoms with Gasteiger partial charge in [-0.25, -0.2) is 0 Å². The zero-order valence-electron chi connectivity index (χ0n) is 7.90. The number of benzene rings is 1. The molecule has 2 aromatic rings. The van der Waals surface area contributed by atoms with E-state index in [1.54, 1.807) is 13.0 Å². The van der Waals surface area contributed by atoms with Crippen molar-refractivity contribution in [2.75, 3.05) is 0 Å². The van der Waals surface area contributed by atoms with E-state index in [1.807, 2.05) is 11.1 Å². The summed E-state index contributed by atoms with van der Waals surface area (Å²) in [7, 11) is 0. The Morgan fingerprint density at radius 2 is 2.33 bits per heavy atom. The van der Waals surface area contributed by atoms with Gasteiger partial charge < -0.3 is 0 Å². The molecule has 0 amide bonds. The van der Waals surface area contributed by atoms with E-state index in [2.05, 4.69) is 4.98 Å². The van der Waals surface area contributed by atoms with Crippen LogP contribution in [0.2, 0.25) is 5.02 Å². The molecule has 1 aromatic heterocycles. The van der Waals surface area contributed by atoms with Gasteiger partial charge in [0.2, 0.25) is 0 Å². The fraction of sp³-hybridized carbons (Fsp3) is 0.200. The summed E-state index contributed by atoms with van der Waals surface area (Å²) < 4.78 is 1.12. The third-order valence-corrected chi connectivity index (χ3v) is 4.28. The molecule has 78 valence electrons. The molecule has 0 aliphatic heterocycles. The zero-order valence-corrected chi connectivity index (χ0v) is 10.4. The van der Waals surface area contributed by atoms with E-state index in [-0.39, 0.29) is 14.5 Å². The summed E-state index contributed by atoms with van der Waals surface area (Å²) in [4.78, 5) is 15.1. The molecule has 1 heterocycles.